The second-order valence-electron chi connectivity index (χ2n) is 10.4. The molecule has 0 spiro atoms. The molecule has 40 heavy (non-hydrogen) atoms. The number of hydrogen-bond acceptors (Lipinski definition) is 6. The van der Waals surface area contributed by atoms with Crippen molar-refractivity contribution in [3.05, 3.63) is 71.0 Å². The van der Waals surface area contributed by atoms with E-state index in [1.165, 1.54) is 11.1 Å². The summed E-state index contributed by atoms with van der Waals surface area (Å²) in [4.78, 5) is 32.0. The van der Waals surface area contributed by atoms with Crippen LogP contribution in [0.1, 0.15) is 30.0 Å². The molecule has 204 valence electrons. The lowest BCUT2D eigenvalue weighted by molar-refractivity contribution is 0.122. The summed E-state index contributed by atoms with van der Waals surface area (Å²) in [7, 11) is 0. The van der Waals surface area contributed by atoms with Crippen LogP contribution in [-0.4, -0.2) is 69.8 Å². The third-order valence-electron chi connectivity index (χ3n) is 8.02. The van der Waals surface area contributed by atoms with Gasteiger partial charge < -0.3 is 24.4 Å². The first kappa shape index (κ1) is 25.0. The number of piperidine rings is 1. The first-order chi connectivity index (χ1) is 19.6. The summed E-state index contributed by atoms with van der Waals surface area (Å²) in [6.07, 6.45) is 8.86. The van der Waals surface area contributed by atoms with E-state index in [1.54, 1.807) is 12.1 Å². The number of carbonyl (C=O) groups is 1. The van der Waals surface area contributed by atoms with Crippen LogP contribution >= 0.6 is 11.6 Å². The van der Waals surface area contributed by atoms with Crippen LogP contribution in [0.25, 0.3) is 28.5 Å². The molecule has 3 aliphatic rings. The highest BCUT2D eigenvalue weighted by molar-refractivity contribution is 6.30. The summed E-state index contributed by atoms with van der Waals surface area (Å²) in [5.74, 6) is 0.715. The number of hydrogen-bond donors (Lipinski definition) is 1. The van der Waals surface area contributed by atoms with Gasteiger partial charge in [0, 0.05) is 48.5 Å². The Kier molecular flexibility index (Phi) is 6.61. The zero-order valence-electron chi connectivity index (χ0n) is 22.1. The molecule has 0 unspecified atom stereocenters. The van der Waals surface area contributed by atoms with Crippen molar-refractivity contribution in [2.24, 2.45) is 0 Å². The van der Waals surface area contributed by atoms with Crippen molar-refractivity contribution in [1.29, 1.82) is 0 Å². The zero-order valence-corrected chi connectivity index (χ0v) is 22.8. The smallest absolute Gasteiger partial charge is 0.321 e. The number of morpholine rings is 1. The average Bonchev–Trinajstić information content (AvgIpc) is 3.66. The monoisotopic (exact) mass is 555 g/mol. The Morgan fingerprint density at radius 3 is 2.60 bits per heavy atom. The Labute approximate surface area is 237 Å². The number of rotatable bonds is 4. The second-order valence-corrected chi connectivity index (χ2v) is 10.9. The molecule has 0 radical (unpaired) electrons. The Balaban J connectivity index is 1.18. The number of fused-ring (bicyclic) bond motifs is 2. The van der Waals surface area contributed by atoms with E-state index in [0.29, 0.717) is 37.3 Å². The molecule has 2 saturated heterocycles. The quantitative estimate of drug-likeness (QED) is 0.362. The summed E-state index contributed by atoms with van der Waals surface area (Å²) in [6.45, 7) is 4.13. The van der Waals surface area contributed by atoms with Gasteiger partial charge >= 0.3 is 6.03 Å². The van der Waals surface area contributed by atoms with Crippen molar-refractivity contribution in [2.75, 3.05) is 49.6 Å². The molecule has 4 heterocycles. The predicted molar refractivity (Wildman–Crippen MR) is 157 cm³/mol. The van der Waals surface area contributed by atoms with Crippen LogP contribution in [0.5, 0.6) is 0 Å². The van der Waals surface area contributed by atoms with Gasteiger partial charge in [-0.1, -0.05) is 42.0 Å². The van der Waals surface area contributed by atoms with E-state index in [0.717, 1.165) is 60.5 Å². The molecule has 1 aliphatic carbocycles. The number of likely N-dealkylation sites (tertiary alicyclic amines) is 1. The number of benzene rings is 2. The molecule has 10 heteroatoms. The molecule has 7 rings (SSSR count). The molecular weight excluding hydrogens is 526 g/mol. The van der Waals surface area contributed by atoms with Crippen molar-refractivity contribution >= 4 is 46.5 Å². The topological polar surface area (TPSA) is 88.4 Å². The molecule has 0 bridgehead atoms. The lowest BCUT2D eigenvalue weighted by atomic mass is 10.00. The molecular formula is C30H30ClN7O2. The fraction of sp³-hybridized carbons (Fsp3) is 0.333. The summed E-state index contributed by atoms with van der Waals surface area (Å²) in [5.41, 5.74) is 6.87. The lowest BCUT2D eigenvalue weighted by Crippen LogP contribution is -2.41. The van der Waals surface area contributed by atoms with Crippen molar-refractivity contribution < 1.29 is 9.53 Å². The number of nitrogens with zero attached hydrogens (tertiary/aromatic N) is 6. The SMILES string of the molecule is O=C(Nc1ccc(Cl)cc1)N1CCC(n2cnc3c(-c4cccc5c4C=CC5)nc(N4CCOCC4)nc32)CC1. The molecule has 0 atom stereocenters. The number of aromatic nitrogens is 4. The van der Waals surface area contributed by atoms with Gasteiger partial charge in [-0.05, 0) is 54.7 Å². The standard InChI is InChI=1S/C30H30ClN7O2/c31-21-7-9-22(10-8-21)33-30(39)37-13-11-23(12-14-37)38-19-32-27-26(25-6-2-4-20-3-1-5-24(20)25)34-29(35-28(27)38)36-15-17-40-18-16-36/h1-2,4-10,19,23H,3,11-18H2,(H,33,39). The Morgan fingerprint density at radius 2 is 1.80 bits per heavy atom. The third kappa shape index (κ3) is 4.69. The number of urea groups is 1. The molecule has 9 nitrogen and oxygen atoms in total. The van der Waals surface area contributed by atoms with Crippen LogP contribution in [0.3, 0.4) is 0 Å². The number of imidazole rings is 1. The highest BCUT2D eigenvalue weighted by Gasteiger charge is 2.28. The number of anilines is 2. The predicted octanol–water partition coefficient (Wildman–Crippen LogP) is 5.42. The van der Waals surface area contributed by atoms with Crippen molar-refractivity contribution in [2.45, 2.75) is 25.3 Å². The minimum absolute atomic E-state index is 0.0959. The van der Waals surface area contributed by atoms with Gasteiger partial charge in [0.2, 0.25) is 5.95 Å². The maximum Gasteiger partial charge on any atom is 0.321 e. The van der Waals surface area contributed by atoms with Crippen LogP contribution < -0.4 is 10.2 Å². The van der Waals surface area contributed by atoms with Crippen molar-refractivity contribution in [1.82, 2.24) is 24.4 Å². The number of amides is 2. The Hall–Kier alpha value is -3.95. The van der Waals surface area contributed by atoms with Crippen molar-refractivity contribution in [3.8, 4) is 11.3 Å². The normalized spacial score (nSPS) is 17.4. The highest BCUT2D eigenvalue weighted by Crippen LogP contribution is 2.36. The minimum atomic E-state index is -0.0959. The van der Waals surface area contributed by atoms with Gasteiger partial charge in [0.25, 0.3) is 0 Å². The summed E-state index contributed by atoms with van der Waals surface area (Å²) in [6, 6.07) is 13.7. The number of nitrogens with one attached hydrogen (secondary N) is 1. The van der Waals surface area contributed by atoms with E-state index in [-0.39, 0.29) is 12.1 Å². The maximum atomic E-state index is 12.9. The number of allylic oxidation sites excluding steroid dienone is 1. The molecule has 2 aromatic heterocycles. The molecule has 2 fully saturated rings. The van der Waals surface area contributed by atoms with Gasteiger partial charge in [-0.3, -0.25) is 0 Å². The van der Waals surface area contributed by atoms with Crippen LogP contribution in [0.15, 0.2) is 54.9 Å². The fourth-order valence-corrected chi connectivity index (χ4v) is 5.97. The van der Waals surface area contributed by atoms with Crippen LogP contribution in [0.2, 0.25) is 5.02 Å². The molecule has 2 aromatic carbocycles. The second kappa shape index (κ2) is 10.6. The fourth-order valence-electron chi connectivity index (χ4n) is 5.85. The highest BCUT2D eigenvalue weighted by atomic mass is 35.5. The maximum absolute atomic E-state index is 12.9. The van der Waals surface area contributed by atoms with E-state index in [9.17, 15) is 4.79 Å². The Bertz CT molecular complexity index is 1590. The van der Waals surface area contributed by atoms with E-state index in [2.05, 4.69) is 45.1 Å². The largest absolute Gasteiger partial charge is 0.378 e. The summed E-state index contributed by atoms with van der Waals surface area (Å²) < 4.78 is 7.79. The van der Waals surface area contributed by atoms with Gasteiger partial charge in [-0.15, -0.1) is 0 Å². The van der Waals surface area contributed by atoms with Gasteiger partial charge in [0.1, 0.15) is 11.2 Å². The average molecular weight is 556 g/mol. The van der Waals surface area contributed by atoms with Crippen molar-refractivity contribution in [3.63, 3.8) is 0 Å². The molecule has 0 saturated carbocycles. The lowest BCUT2D eigenvalue weighted by Gasteiger charge is -2.33. The van der Waals surface area contributed by atoms with Gasteiger partial charge in [-0.25, -0.2) is 14.8 Å². The molecule has 2 amide bonds. The van der Waals surface area contributed by atoms with E-state index in [4.69, 9.17) is 31.3 Å². The number of halogens is 1. The Morgan fingerprint density at radius 1 is 1.00 bits per heavy atom. The van der Waals surface area contributed by atoms with Crippen LogP contribution in [0.4, 0.5) is 16.4 Å². The zero-order chi connectivity index (χ0) is 27.1. The van der Waals surface area contributed by atoms with E-state index >= 15 is 0 Å². The first-order valence-electron chi connectivity index (χ1n) is 13.8. The molecule has 2 aliphatic heterocycles. The first-order valence-corrected chi connectivity index (χ1v) is 14.2. The number of ether oxygens (including phenoxy) is 1. The van der Waals surface area contributed by atoms with Gasteiger partial charge in [0.05, 0.1) is 19.5 Å². The van der Waals surface area contributed by atoms with Gasteiger partial charge in [0.15, 0.2) is 5.65 Å². The van der Waals surface area contributed by atoms with Crippen LogP contribution in [0, 0.1) is 0 Å². The van der Waals surface area contributed by atoms with E-state index < -0.39 is 0 Å². The molecule has 1 N–H and O–H groups in total. The number of carbonyl (C=O) groups excluding carboxylic acids is 1. The van der Waals surface area contributed by atoms with E-state index in [1.807, 2.05) is 23.4 Å². The molecule has 4 aromatic rings. The van der Waals surface area contributed by atoms with Crippen LogP contribution in [-0.2, 0) is 11.2 Å². The van der Waals surface area contributed by atoms with Gasteiger partial charge in [-0.2, -0.15) is 4.98 Å². The summed E-state index contributed by atoms with van der Waals surface area (Å²) in [5, 5.41) is 3.62. The summed E-state index contributed by atoms with van der Waals surface area (Å²) >= 11 is 5.98. The minimum Gasteiger partial charge on any atom is -0.378 e. The third-order valence-corrected chi connectivity index (χ3v) is 8.27.